The van der Waals surface area contributed by atoms with E-state index in [0.29, 0.717) is 35.8 Å². The molecule has 4 rings (SSSR count). The Hall–Kier alpha value is -3.32. The molecule has 1 N–H and O–H groups in total. The Kier molecular flexibility index (Phi) is 7.29. The van der Waals surface area contributed by atoms with E-state index >= 15 is 0 Å². The van der Waals surface area contributed by atoms with Crippen molar-refractivity contribution in [2.75, 3.05) is 30.0 Å². The first-order valence-corrected chi connectivity index (χ1v) is 11.6. The molecular formula is C26H25BrN2O4. The smallest absolute Gasteiger partial charge is 0.265 e. The highest BCUT2D eigenvalue weighted by Gasteiger charge is 2.25. The molecule has 3 aromatic rings. The summed E-state index contributed by atoms with van der Waals surface area (Å²) in [4.78, 5) is 26.8. The van der Waals surface area contributed by atoms with Gasteiger partial charge < -0.3 is 19.7 Å². The van der Waals surface area contributed by atoms with Gasteiger partial charge in [0.2, 0.25) is 0 Å². The SMILES string of the molecule is Cc1cccc(OCCCCN2C(=O)COc3ccc(NC(=O)c4ccc(Br)cc4)cc32)c1. The summed E-state index contributed by atoms with van der Waals surface area (Å²) < 4.78 is 12.3. The van der Waals surface area contributed by atoms with Crippen molar-refractivity contribution in [1.82, 2.24) is 0 Å². The van der Waals surface area contributed by atoms with Gasteiger partial charge in [0.15, 0.2) is 6.61 Å². The molecule has 0 fully saturated rings. The topological polar surface area (TPSA) is 67.9 Å². The van der Waals surface area contributed by atoms with Crippen LogP contribution in [-0.4, -0.2) is 31.6 Å². The second-order valence-electron chi connectivity index (χ2n) is 7.85. The van der Waals surface area contributed by atoms with Crippen molar-refractivity contribution in [3.8, 4) is 11.5 Å². The Morgan fingerprint density at radius 1 is 1.09 bits per heavy atom. The van der Waals surface area contributed by atoms with Crippen LogP contribution in [0.3, 0.4) is 0 Å². The number of benzene rings is 3. The molecule has 0 saturated heterocycles. The number of hydrogen-bond donors (Lipinski definition) is 1. The van der Waals surface area contributed by atoms with Crippen LogP contribution in [0.2, 0.25) is 0 Å². The van der Waals surface area contributed by atoms with Crippen LogP contribution in [-0.2, 0) is 4.79 Å². The molecule has 6 nitrogen and oxygen atoms in total. The molecule has 0 radical (unpaired) electrons. The van der Waals surface area contributed by atoms with E-state index in [-0.39, 0.29) is 18.4 Å². The maximum atomic E-state index is 12.6. The van der Waals surface area contributed by atoms with Crippen molar-refractivity contribution in [2.45, 2.75) is 19.8 Å². The minimum atomic E-state index is -0.217. The highest BCUT2D eigenvalue weighted by Crippen LogP contribution is 2.35. The summed E-state index contributed by atoms with van der Waals surface area (Å²) in [7, 11) is 0. The lowest BCUT2D eigenvalue weighted by Crippen LogP contribution is -2.39. The first-order chi connectivity index (χ1) is 16.0. The van der Waals surface area contributed by atoms with E-state index in [1.165, 1.54) is 0 Å². The number of anilines is 2. The summed E-state index contributed by atoms with van der Waals surface area (Å²) in [5, 5.41) is 2.89. The second kappa shape index (κ2) is 10.5. The van der Waals surface area contributed by atoms with E-state index in [2.05, 4.69) is 21.2 Å². The summed E-state index contributed by atoms with van der Waals surface area (Å²) >= 11 is 3.37. The summed E-state index contributed by atoms with van der Waals surface area (Å²) in [5.41, 5.74) is 2.98. The van der Waals surface area contributed by atoms with Gasteiger partial charge >= 0.3 is 0 Å². The molecule has 3 aromatic carbocycles. The van der Waals surface area contributed by atoms with Gasteiger partial charge in [0.1, 0.15) is 11.5 Å². The Morgan fingerprint density at radius 2 is 1.91 bits per heavy atom. The molecular weight excluding hydrogens is 484 g/mol. The average Bonchev–Trinajstić information content (AvgIpc) is 2.80. The lowest BCUT2D eigenvalue weighted by Gasteiger charge is -2.30. The number of unbranched alkanes of at least 4 members (excludes halogenated alkanes) is 1. The maximum Gasteiger partial charge on any atom is 0.265 e. The quantitative estimate of drug-likeness (QED) is 0.402. The number of ether oxygens (including phenoxy) is 2. The van der Waals surface area contributed by atoms with Crippen LogP contribution in [0.5, 0.6) is 11.5 Å². The number of fused-ring (bicyclic) bond motifs is 1. The molecule has 1 aliphatic rings. The Bertz CT molecular complexity index is 1150. The van der Waals surface area contributed by atoms with Gasteiger partial charge in [-0.2, -0.15) is 0 Å². The zero-order chi connectivity index (χ0) is 23.2. The van der Waals surface area contributed by atoms with E-state index in [1.54, 1.807) is 35.2 Å². The zero-order valence-corrected chi connectivity index (χ0v) is 19.9. The minimum absolute atomic E-state index is 0.0113. The number of rotatable bonds is 8. The zero-order valence-electron chi connectivity index (χ0n) is 18.3. The number of amides is 2. The van der Waals surface area contributed by atoms with E-state index in [9.17, 15) is 9.59 Å². The van der Waals surface area contributed by atoms with Crippen molar-refractivity contribution < 1.29 is 19.1 Å². The monoisotopic (exact) mass is 508 g/mol. The standard InChI is InChI=1S/C26H25BrN2O4/c1-18-5-4-6-22(15-18)32-14-3-2-13-29-23-16-21(11-12-24(23)33-17-25(29)30)28-26(31)19-7-9-20(27)10-8-19/h4-12,15-16H,2-3,13-14,17H2,1H3,(H,28,31). The number of nitrogens with zero attached hydrogens (tertiary/aromatic N) is 1. The molecule has 33 heavy (non-hydrogen) atoms. The van der Waals surface area contributed by atoms with Crippen molar-refractivity contribution in [1.29, 1.82) is 0 Å². The normalized spacial score (nSPS) is 12.7. The Labute approximate surface area is 201 Å². The molecule has 0 aliphatic carbocycles. The fourth-order valence-electron chi connectivity index (χ4n) is 3.60. The lowest BCUT2D eigenvalue weighted by atomic mass is 10.1. The number of nitrogens with one attached hydrogen (secondary N) is 1. The van der Waals surface area contributed by atoms with Crippen molar-refractivity contribution >= 4 is 39.1 Å². The molecule has 2 amide bonds. The van der Waals surface area contributed by atoms with Crippen LogP contribution >= 0.6 is 15.9 Å². The molecule has 0 bridgehead atoms. The van der Waals surface area contributed by atoms with E-state index in [0.717, 1.165) is 28.6 Å². The first-order valence-electron chi connectivity index (χ1n) is 10.8. The van der Waals surface area contributed by atoms with Gasteiger partial charge in [-0.05, 0) is 79.9 Å². The largest absolute Gasteiger partial charge is 0.494 e. The van der Waals surface area contributed by atoms with Crippen molar-refractivity contribution in [3.05, 3.63) is 82.3 Å². The van der Waals surface area contributed by atoms with E-state index < -0.39 is 0 Å². The summed E-state index contributed by atoms with van der Waals surface area (Å²) in [6.45, 7) is 3.18. The first kappa shape index (κ1) is 22.9. The average molecular weight is 509 g/mol. The molecule has 7 heteroatoms. The number of carbonyl (C=O) groups is 2. The molecule has 0 aromatic heterocycles. The fraction of sp³-hybridized carbons (Fsp3) is 0.231. The van der Waals surface area contributed by atoms with Gasteiger partial charge in [-0.15, -0.1) is 0 Å². The van der Waals surface area contributed by atoms with Gasteiger partial charge in [0.05, 0.1) is 12.3 Å². The third-order valence-electron chi connectivity index (χ3n) is 5.30. The molecule has 170 valence electrons. The highest BCUT2D eigenvalue weighted by atomic mass is 79.9. The van der Waals surface area contributed by atoms with Gasteiger partial charge in [0.25, 0.3) is 11.8 Å². The lowest BCUT2D eigenvalue weighted by molar-refractivity contribution is -0.121. The molecule has 0 atom stereocenters. The number of aryl methyl sites for hydroxylation is 1. The van der Waals surface area contributed by atoms with Crippen molar-refractivity contribution in [2.24, 2.45) is 0 Å². The summed E-state index contributed by atoms with van der Waals surface area (Å²) in [5.74, 6) is 1.17. The van der Waals surface area contributed by atoms with Gasteiger partial charge in [0, 0.05) is 22.3 Å². The number of carbonyl (C=O) groups excluding carboxylic acids is 2. The summed E-state index contributed by atoms with van der Waals surface area (Å²) in [6.07, 6.45) is 1.60. The van der Waals surface area contributed by atoms with Crippen LogP contribution in [0, 0.1) is 6.92 Å². The van der Waals surface area contributed by atoms with Crippen LogP contribution < -0.4 is 19.7 Å². The second-order valence-corrected chi connectivity index (χ2v) is 8.77. The number of hydrogen-bond acceptors (Lipinski definition) is 4. The van der Waals surface area contributed by atoms with E-state index in [4.69, 9.17) is 9.47 Å². The van der Waals surface area contributed by atoms with Crippen LogP contribution in [0.15, 0.2) is 71.2 Å². The molecule has 1 heterocycles. The molecule has 1 aliphatic heterocycles. The van der Waals surface area contributed by atoms with Gasteiger partial charge in [-0.1, -0.05) is 28.1 Å². The molecule has 0 spiro atoms. The van der Waals surface area contributed by atoms with Gasteiger partial charge in [-0.25, -0.2) is 0 Å². The predicted molar refractivity (Wildman–Crippen MR) is 132 cm³/mol. The van der Waals surface area contributed by atoms with Crippen LogP contribution in [0.1, 0.15) is 28.8 Å². The highest BCUT2D eigenvalue weighted by molar-refractivity contribution is 9.10. The Balaban J connectivity index is 1.37. The van der Waals surface area contributed by atoms with Crippen molar-refractivity contribution in [3.63, 3.8) is 0 Å². The van der Waals surface area contributed by atoms with Gasteiger partial charge in [-0.3, -0.25) is 9.59 Å². The minimum Gasteiger partial charge on any atom is -0.494 e. The maximum absolute atomic E-state index is 12.6. The Morgan fingerprint density at radius 3 is 2.70 bits per heavy atom. The molecule has 0 unspecified atom stereocenters. The third kappa shape index (κ3) is 5.93. The van der Waals surface area contributed by atoms with Crippen LogP contribution in [0.4, 0.5) is 11.4 Å². The van der Waals surface area contributed by atoms with E-state index in [1.807, 2.05) is 43.3 Å². The third-order valence-corrected chi connectivity index (χ3v) is 5.83. The summed E-state index contributed by atoms with van der Waals surface area (Å²) in [6, 6.07) is 20.4. The van der Waals surface area contributed by atoms with Crippen LogP contribution in [0.25, 0.3) is 0 Å². The fourth-order valence-corrected chi connectivity index (χ4v) is 3.86. The number of halogens is 1. The predicted octanol–water partition coefficient (Wildman–Crippen LogP) is 5.59. The molecule has 0 saturated carbocycles.